The van der Waals surface area contributed by atoms with Crippen LogP contribution in [0.4, 0.5) is 4.39 Å². The normalized spacial score (nSPS) is 11.8. The van der Waals surface area contributed by atoms with Crippen LogP contribution < -0.4 is 15.0 Å². The number of methoxy groups -OCH3 is 2. The van der Waals surface area contributed by atoms with Crippen LogP contribution in [0.15, 0.2) is 39.5 Å². The van der Waals surface area contributed by atoms with Gasteiger partial charge in [0.1, 0.15) is 16.0 Å². The lowest BCUT2D eigenvalue weighted by Crippen LogP contribution is -2.11. The number of nitrogens with zero attached hydrogens (tertiary/aromatic N) is 2. The molecule has 0 saturated heterocycles. The Morgan fingerprint density at radius 3 is 2.67 bits per heavy atom. The van der Waals surface area contributed by atoms with Gasteiger partial charge in [0.05, 0.1) is 35.3 Å². The van der Waals surface area contributed by atoms with E-state index in [0.29, 0.717) is 33.7 Å². The number of nitrogens with one attached hydrogen (secondary N) is 1. The molecule has 0 fully saturated rings. The molecule has 1 N–H and O–H groups in total. The van der Waals surface area contributed by atoms with Crippen LogP contribution in [0.25, 0.3) is 21.1 Å². The molecule has 4 aromatic rings. The van der Waals surface area contributed by atoms with E-state index < -0.39 is 0 Å². The Balaban J connectivity index is 1.74. The van der Waals surface area contributed by atoms with Gasteiger partial charge in [-0.1, -0.05) is 0 Å². The monoisotopic (exact) mass is 403 g/mol. The van der Waals surface area contributed by atoms with Crippen molar-refractivity contribution in [3.63, 3.8) is 0 Å². The van der Waals surface area contributed by atoms with Crippen LogP contribution in [0, 0.1) is 5.82 Å². The van der Waals surface area contributed by atoms with E-state index in [-0.39, 0.29) is 11.4 Å². The molecule has 0 bridgehead atoms. The summed E-state index contributed by atoms with van der Waals surface area (Å²) >= 11 is 2.22. The minimum Gasteiger partial charge on any atom is -0.493 e. The quantitative estimate of drug-likeness (QED) is 0.404. The highest BCUT2D eigenvalue weighted by atomic mass is 32.2. The highest BCUT2D eigenvalue weighted by Gasteiger charge is 2.10. The largest absolute Gasteiger partial charge is 0.493 e. The van der Waals surface area contributed by atoms with E-state index in [1.165, 1.54) is 37.7 Å². The molecule has 0 atom stereocenters. The van der Waals surface area contributed by atoms with Crippen molar-refractivity contribution in [1.29, 1.82) is 0 Å². The van der Waals surface area contributed by atoms with Crippen LogP contribution in [0.2, 0.25) is 0 Å². The fraction of sp³-hybridized carbons (Fsp3) is 0.111. The number of halogens is 1. The van der Waals surface area contributed by atoms with E-state index in [1.807, 2.05) is 0 Å². The molecule has 9 heteroatoms. The van der Waals surface area contributed by atoms with Gasteiger partial charge in [-0.05, 0) is 18.2 Å². The molecule has 6 nitrogen and oxygen atoms in total. The number of fused-ring (bicyclic) bond motifs is 2. The molecular weight excluding hydrogens is 389 g/mol. The fourth-order valence-electron chi connectivity index (χ4n) is 2.61. The molecule has 0 aliphatic carbocycles. The van der Waals surface area contributed by atoms with Gasteiger partial charge in [-0.3, -0.25) is 4.79 Å². The summed E-state index contributed by atoms with van der Waals surface area (Å²) < 4.78 is 25.5. The highest BCUT2D eigenvalue weighted by Crippen LogP contribution is 2.30. The third-order valence-corrected chi connectivity index (χ3v) is 5.99. The van der Waals surface area contributed by atoms with Gasteiger partial charge in [0.25, 0.3) is 5.56 Å². The standard InChI is InChI=1S/C18H14FN3O3S2/c1-24-13-6-10-11(7-14(13)25-2)20-16(22-17(10)23)8-26-18-21-12-5-9(19)3-4-15(12)27-18/h3-8,26H,1-2H3,(H,20,22,23). The number of benzene rings is 2. The lowest BCUT2D eigenvalue weighted by Gasteiger charge is -2.08. The minimum absolute atomic E-state index is 0.270. The number of hydrogen-bond donors (Lipinski definition) is 2. The Morgan fingerprint density at radius 1 is 1.11 bits per heavy atom. The predicted octanol–water partition coefficient (Wildman–Crippen LogP) is 3.36. The maximum atomic E-state index is 13.3. The molecule has 2 aromatic carbocycles. The zero-order chi connectivity index (χ0) is 19.0. The number of thiazole rings is 1. The van der Waals surface area contributed by atoms with E-state index in [1.54, 1.807) is 23.6 Å². The number of aromatic amines is 1. The number of rotatable bonds is 4. The van der Waals surface area contributed by atoms with Crippen molar-refractivity contribution in [2.45, 2.75) is 4.34 Å². The Morgan fingerprint density at radius 2 is 1.89 bits per heavy atom. The average molecular weight is 403 g/mol. The van der Waals surface area contributed by atoms with Gasteiger partial charge in [0.15, 0.2) is 11.5 Å². The Kier molecular flexibility index (Phi) is 4.63. The van der Waals surface area contributed by atoms with Gasteiger partial charge in [0, 0.05) is 17.5 Å². The molecule has 0 aliphatic rings. The first-order valence-corrected chi connectivity index (χ1v) is 9.61. The van der Waals surface area contributed by atoms with Crippen molar-refractivity contribution in [2.75, 3.05) is 14.2 Å². The fourth-order valence-corrected chi connectivity index (χ4v) is 4.48. The van der Waals surface area contributed by atoms with Crippen LogP contribution in [0.1, 0.15) is 5.82 Å². The summed E-state index contributed by atoms with van der Waals surface area (Å²) in [7, 11) is 3.04. The lowest BCUT2D eigenvalue weighted by atomic mass is 10.2. The van der Waals surface area contributed by atoms with E-state index >= 15 is 0 Å². The number of aromatic nitrogens is 3. The molecule has 2 heterocycles. The van der Waals surface area contributed by atoms with E-state index in [0.717, 1.165) is 20.4 Å². The zero-order valence-corrected chi connectivity index (χ0v) is 16.0. The second kappa shape index (κ2) is 7.09. The van der Waals surface area contributed by atoms with Crippen LogP contribution in [-0.4, -0.2) is 34.5 Å². The van der Waals surface area contributed by atoms with Crippen LogP contribution in [0.5, 0.6) is 11.5 Å². The van der Waals surface area contributed by atoms with E-state index in [9.17, 15) is 9.18 Å². The molecule has 2 aromatic heterocycles. The smallest absolute Gasteiger partial charge is 0.259 e. The predicted molar refractivity (Wildman–Crippen MR) is 107 cm³/mol. The Hall–Kier alpha value is -2.78. The summed E-state index contributed by atoms with van der Waals surface area (Å²) in [5.74, 6) is 1.07. The molecule has 0 radical (unpaired) electrons. The first-order chi connectivity index (χ1) is 13.1. The number of ether oxygens (including phenoxy) is 2. The SMILES string of the molecule is COc1cc2nc(C=[SH]c3nc4cc(F)ccc4s3)[nH]c(=O)c2cc1OC. The van der Waals surface area contributed by atoms with Gasteiger partial charge < -0.3 is 14.5 Å². The van der Waals surface area contributed by atoms with Crippen LogP contribution in [0.3, 0.4) is 0 Å². The molecule has 0 amide bonds. The summed E-state index contributed by atoms with van der Waals surface area (Å²) in [6.07, 6.45) is 0. The van der Waals surface area contributed by atoms with Gasteiger partial charge in [-0.2, -0.15) is 0 Å². The van der Waals surface area contributed by atoms with Crippen LogP contribution >= 0.6 is 22.7 Å². The average Bonchev–Trinajstić information content (AvgIpc) is 3.07. The summed E-state index contributed by atoms with van der Waals surface area (Å²) in [6, 6.07) is 7.79. The maximum absolute atomic E-state index is 13.3. The summed E-state index contributed by atoms with van der Waals surface area (Å²) in [5, 5.41) is 2.17. The number of H-pyrrole nitrogens is 1. The third kappa shape index (κ3) is 3.43. The van der Waals surface area contributed by atoms with E-state index in [4.69, 9.17) is 9.47 Å². The van der Waals surface area contributed by atoms with Crippen molar-refractivity contribution in [3.05, 3.63) is 52.3 Å². The molecular formula is C18H14FN3O3S2. The Bertz CT molecular complexity index is 1250. The van der Waals surface area contributed by atoms with Gasteiger partial charge in [-0.25, -0.2) is 14.4 Å². The van der Waals surface area contributed by atoms with Gasteiger partial charge in [-0.15, -0.1) is 22.7 Å². The van der Waals surface area contributed by atoms with Gasteiger partial charge in [0.2, 0.25) is 0 Å². The second-order valence-corrected chi connectivity index (χ2v) is 7.82. The molecule has 27 heavy (non-hydrogen) atoms. The summed E-state index contributed by atoms with van der Waals surface area (Å²) in [5.41, 5.74) is 0.852. The van der Waals surface area contributed by atoms with Crippen molar-refractivity contribution < 1.29 is 13.9 Å². The van der Waals surface area contributed by atoms with Crippen molar-refractivity contribution >= 4 is 49.2 Å². The molecule has 0 unspecified atom stereocenters. The van der Waals surface area contributed by atoms with Crippen LogP contribution in [-0.2, 0) is 0 Å². The number of thiol groups is 1. The summed E-state index contributed by atoms with van der Waals surface area (Å²) in [4.78, 5) is 24.0. The second-order valence-electron chi connectivity index (χ2n) is 5.54. The first kappa shape index (κ1) is 17.6. The summed E-state index contributed by atoms with van der Waals surface area (Å²) in [6.45, 7) is 0. The van der Waals surface area contributed by atoms with Crippen molar-refractivity contribution in [2.24, 2.45) is 0 Å². The van der Waals surface area contributed by atoms with Crippen molar-refractivity contribution in [3.8, 4) is 11.5 Å². The first-order valence-electron chi connectivity index (χ1n) is 7.83. The molecule has 4 rings (SSSR count). The number of hydrogen-bond acceptors (Lipinski definition) is 6. The molecule has 0 spiro atoms. The van der Waals surface area contributed by atoms with E-state index in [2.05, 4.69) is 15.0 Å². The molecule has 0 saturated carbocycles. The highest BCUT2D eigenvalue weighted by molar-refractivity contribution is 7.99. The maximum Gasteiger partial charge on any atom is 0.259 e. The van der Waals surface area contributed by atoms with Crippen molar-refractivity contribution in [1.82, 2.24) is 15.0 Å². The third-order valence-electron chi connectivity index (χ3n) is 3.86. The minimum atomic E-state index is -0.315. The Labute approximate surface area is 160 Å². The topological polar surface area (TPSA) is 77.1 Å². The molecule has 0 aliphatic heterocycles. The van der Waals surface area contributed by atoms with Gasteiger partial charge >= 0.3 is 0 Å². The lowest BCUT2D eigenvalue weighted by molar-refractivity contribution is 0.355. The molecule has 138 valence electrons. The zero-order valence-electron chi connectivity index (χ0n) is 14.3.